The van der Waals surface area contributed by atoms with E-state index in [1.807, 2.05) is 54.6 Å². The summed E-state index contributed by atoms with van der Waals surface area (Å²) in [6.07, 6.45) is 0. The smallest absolute Gasteiger partial charge is 0.338 e. The van der Waals surface area contributed by atoms with E-state index in [4.69, 9.17) is 9.47 Å². The summed E-state index contributed by atoms with van der Waals surface area (Å²) in [4.78, 5) is 56.6. The first-order valence-electron chi connectivity index (χ1n) is 12.8. The van der Waals surface area contributed by atoms with Gasteiger partial charge in [-0.25, -0.2) is 9.69 Å². The summed E-state index contributed by atoms with van der Waals surface area (Å²) in [5, 5.41) is -0.105. The molecule has 3 heterocycles. The molecular weight excluding hydrogens is 548 g/mol. The molecule has 0 unspecified atom stereocenters. The predicted octanol–water partition coefficient (Wildman–Crippen LogP) is 4.99. The molecule has 3 aromatic carbocycles. The Morgan fingerprint density at radius 2 is 1.73 bits per heavy atom. The number of hydrogen-bond acceptors (Lipinski definition) is 8. The summed E-state index contributed by atoms with van der Waals surface area (Å²) in [5.74, 6) is -1.78. The Bertz CT molecular complexity index is 1650. The molecule has 1 fully saturated rings. The molecule has 2 amide bonds. The van der Waals surface area contributed by atoms with E-state index in [2.05, 4.69) is 4.98 Å². The number of imide groups is 1. The molecule has 40 heavy (non-hydrogen) atoms. The van der Waals surface area contributed by atoms with Crippen molar-refractivity contribution in [3.8, 4) is 5.75 Å². The number of anilines is 1. The number of benzene rings is 3. The Morgan fingerprint density at radius 3 is 2.48 bits per heavy atom. The van der Waals surface area contributed by atoms with Crippen LogP contribution in [0.5, 0.6) is 5.75 Å². The van der Waals surface area contributed by atoms with Crippen LogP contribution in [0.4, 0.5) is 5.69 Å². The van der Waals surface area contributed by atoms with E-state index in [-0.39, 0.29) is 23.3 Å². The van der Waals surface area contributed by atoms with E-state index in [1.165, 1.54) is 16.7 Å². The number of nitrogens with one attached hydrogen (secondary N) is 1. The van der Waals surface area contributed by atoms with Gasteiger partial charge in [0.2, 0.25) is 11.8 Å². The third-order valence-corrected chi connectivity index (χ3v) is 9.33. The van der Waals surface area contributed by atoms with Crippen molar-refractivity contribution in [3.05, 3.63) is 110 Å². The molecule has 1 saturated heterocycles. The van der Waals surface area contributed by atoms with Crippen LogP contribution >= 0.6 is 23.1 Å². The second-order valence-corrected chi connectivity index (χ2v) is 11.5. The minimum atomic E-state index is -0.717. The maximum absolute atomic E-state index is 14.0. The number of amides is 2. The third kappa shape index (κ3) is 4.73. The molecule has 8 nitrogen and oxygen atoms in total. The zero-order valence-electron chi connectivity index (χ0n) is 21.4. The average molecular weight is 573 g/mol. The van der Waals surface area contributed by atoms with Crippen molar-refractivity contribution < 1.29 is 23.9 Å². The Balaban J connectivity index is 1.34. The van der Waals surface area contributed by atoms with Gasteiger partial charge in [0, 0.05) is 10.8 Å². The lowest BCUT2D eigenvalue weighted by Crippen LogP contribution is -2.32. The van der Waals surface area contributed by atoms with E-state index in [0.717, 1.165) is 27.3 Å². The highest BCUT2D eigenvalue weighted by Gasteiger charge is 2.56. The second-order valence-electron chi connectivity index (χ2n) is 9.38. The second kappa shape index (κ2) is 10.8. The van der Waals surface area contributed by atoms with E-state index in [1.54, 1.807) is 31.2 Å². The standard InChI is InChI=1S/C30H24N2O6S2/c1-2-37-29(35)18-11-13-20(14-12-18)32-27(33)23-22(24-26(31-30(36)40-24)39-25(23)28(32)34)19-9-6-10-21(15-19)38-16-17-7-4-3-5-8-17/h3-15,22-23,25H,2,16H2,1H3,(H,31,36)/t22-,23-,25+/m0/s1. The number of esters is 1. The number of fused-ring (bicyclic) bond motifs is 2. The lowest BCUT2D eigenvalue weighted by atomic mass is 9.83. The summed E-state index contributed by atoms with van der Waals surface area (Å²) in [7, 11) is 0. The van der Waals surface area contributed by atoms with Gasteiger partial charge in [-0.15, -0.1) is 0 Å². The monoisotopic (exact) mass is 572 g/mol. The third-order valence-electron chi connectivity index (χ3n) is 6.93. The van der Waals surface area contributed by atoms with Crippen LogP contribution < -0.4 is 14.5 Å². The molecule has 0 radical (unpaired) electrons. The van der Waals surface area contributed by atoms with Gasteiger partial charge in [-0.3, -0.25) is 14.4 Å². The molecule has 202 valence electrons. The maximum atomic E-state index is 14.0. The van der Waals surface area contributed by atoms with Crippen LogP contribution in [0.25, 0.3) is 0 Å². The summed E-state index contributed by atoms with van der Waals surface area (Å²) < 4.78 is 11.1. The number of aromatic nitrogens is 1. The molecule has 1 N–H and O–H groups in total. The van der Waals surface area contributed by atoms with Crippen LogP contribution in [0.15, 0.2) is 88.7 Å². The summed E-state index contributed by atoms with van der Waals surface area (Å²) in [6.45, 7) is 2.35. The molecule has 6 rings (SSSR count). The van der Waals surface area contributed by atoms with Gasteiger partial charge in [0.1, 0.15) is 17.6 Å². The topological polar surface area (TPSA) is 106 Å². The highest BCUT2D eigenvalue weighted by atomic mass is 32.2. The SMILES string of the molecule is CCOC(=O)c1ccc(N2C(=O)[C@H]3[C@H](c4cccc(OCc5ccccc5)c4)c4sc(=O)[nH]c4S[C@H]3C2=O)cc1. The van der Waals surface area contributed by atoms with Crippen LogP contribution in [0.2, 0.25) is 0 Å². The normalized spacial score (nSPS) is 19.7. The van der Waals surface area contributed by atoms with Crippen LogP contribution in [0.1, 0.15) is 39.2 Å². The molecule has 2 aliphatic rings. The summed E-state index contributed by atoms with van der Waals surface area (Å²) in [5.41, 5.74) is 2.53. The molecule has 3 atom stereocenters. The molecule has 1 aromatic heterocycles. The van der Waals surface area contributed by atoms with Crippen molar-refractivity contribution in [3.63, 3.8) is 0 Å². The molecule has 0 aliphatic carbocycles. The van der Waals surface area contributed by atoms with Crippen molar-refractivity contribution in [1.82, 2.24) is 4.98 Å². The van der Waals surface area contributed by atoms with Crippen molar-refractivity contribution >= 4 is 46.6 Å². The first kappa shape index (κ1) is 26.1. The number of aromatic amines is 1. The highest BCUT2D eigenvalue weighted by Crippen LogP contribution is 2.53. The van der Waals surface area contributed by atoms with Crippen molar-refractivity contribution in [2.45, 2.75) is 29.7 Å². The number of hydrogen-bond donors (Lipinski definition) is 1. The highest BCUT2D eigenvalue weighted by molar-refractivity contribution is 8.00. The van der Waals surface area contributed by atoms with E-state index >= 15 is 0 Å². The first-order valence-corrected chi connectivity index (χ1v) is 14.5. The fourth-order valence-electron chi connectivity index (χ4n) is 5.13. The molecular formula is C30H24N2O6S2. The Hall–Kier alpha value is -4.15. The lowest BCUT2D eigenvalue weighted by molar-refractivity contribution is -0.122. The Labute approximate surface area is 237 Å². The molecule has 0 saturated carbocycles. The number of ether oxygens (including phenoxy) is 2. The van der Waals surface area contributed by atoms with Gasteiger partial charge in [-0.1, -0.05) is 65.6 Å². The minimum absolute atomic E-state index is 0.231. The van der Waals surface area contributed by atoms with Gasteiger partial charge in [0.25, 0.3) is 0 Å². The average Bonchev–Trinajstić information content (AvgIpc) is 3.46. The number of thiazole rings is 1. The molecule has 4 aromatic rings. The van der Waals surface area contributed by atoms with Gasteiger partial charge in [-0.2, -0.15) is 0 Å². The van der Waals surface area contributed by atoms with Gasteiger partial charge >= 0.3 is 10.8 Å². The van der Waals surface area contributed by atoms with Gasteiger partial charge in [-0.05, 0) is 54.4 Å². The number of carbonyl (C=O) groups is 3. The summed E-state index contributed by atoms with van der Waals surface area (Å²) in [6, 6.07) is 23.5. The largest absolute Gasteiger partial charge is 0.489 e. The van der Waals surface area contributed by atoms with Crippen molar-refractivity contribution in [1.29, 1.82) is 0 Å². The molecule has 0 bridgehead atoms. The number of nitrogens with zero attached hydrogens (tertiary/aromatic N) is 1. The number of H-pyrrole nitrogens is 1. The number of thioether (sulfide) groups is 1. The zero-order chi connectivity index (χ0) is 27.8. The number of rotatable bonds is 7. The van der Waals surface area contributed by atoms with Gasteiger partial charge < -0.3 is 14.5 Å². The fraction of sp³-hybridized carbons (Fsp3) is 0.200. The molecule has 2 aliphatic heterocycles. The van der Waals surface area contributed by atoms with Crippen molar-refractivity contribution in [2.75, 3.05) is 11.5 Å². The van der Waals surface area contributed by atoms with Crippen LogP contribution in [-0.4, -0.2) is 34.6 Å². The first-order chi connectivity index (χ1) is 19.4. The lowest BCUT2D eigenvalue weighted by Gasteiger charge is -2.30. The van der Waals surface area contributed by atoms with Gasteiger partial charge in [0.05, 0.1) is 28.8 Å². The van der Waals surface area contributed by atoms with Crippen LogP contribution in [-0.2, 0) is 20.9 Å². The van der Waals surface area contributed by atoms with E-state index in [9.17, 15) is 19.2 Å². The summed E-state index contributed by atoms with van der Waals surface area (Å²) >= 11 is 2.28. The van der Waals surface area contributed by atoms with Crippen molar-refractivity contribution in [2.24, 2.45) is 5.92 Å². The fourth-order valence-corrected chi connectivity index (χ4v) is 7.65. The molecule has 0 spiro atoms. The Kier molecular flexibility index (Phi) is 7.03. The predicted molar refractivity (Wildman–Crippen MR) is 152 cm³/mol. The van der Waals surface area contributed by atoms with E-state index < -0.39 is 23.1 Å². The van der Waals surface area contributed by atoms with Crippen LogP contribution in [0.3, 0.4) is 0 Å². The van der Waals surface area contributed by atoms with Gasteiger partial charge in [0.15, 0.2) is 0 Å². The number of carbonyl (C=O) groups excluding carboxylic acids is 3. The molecule has 10 heteroatoms. The zero-order valence-corrected chi connectivity index (χ0v) is 23.0. The van der Waals surface area contributed by atoms with Crippen LogP contribution in [0, 0.1) is 5.92 Å². The Morgan fingerprint density at radius 1 is 0.950 bits per heavy atom. The van der Waals surface area contributed by atoms with E-state index in [0.29, 0.717) is 28.6 Å². The minimum Gasteiger partial charge on any atom is -0.489 e. The maximum Gasteiger partial charge on any atom is 0.338 e. The quantitative estimate of drug-likeness (QED) is 0.246.